The van der Waals surface area contributed by atoms with Crippen molar-refractivity contribution in [1.82, 2.24) is 9.78 Å². The molecule has 1 aromatic rings. The van der Waals surface area contributed by atoms with Gasteiger partial charge in [0.2, 0.25) is 5.91 Å². The minimum atomic E-state index is -0.374. The number of aryl methyl sites for hydroxylation is 2. The van der Waals surface area contributed by atoms with Crippen LogP contribution in [0.3, 0.4) is 0 Å². The van der Waals surface area contributed by atoms with Crippen LogP contribution in [0.4, 0.5) is 5.69 Å². The zero-order valence-corrected chi connectivity index (χ0v) is 10.1. The fourth-order valence-corrected chi connectivity index (χ4v) is 1.21. The molecule has 0 fully saturated rings. The van der Waals surface area contributed by atoms with Crippen LogP contribution in [0.15, 0.2) is 6.20 Å². The summed E-state index contributed by atoms with van der Waals surface area (Å²) in [7, 11) is 1.85. The highest BCUT2D eigenvalue weighted by Crippen LogP contribution is 2.19. The maximum atomic E-state index is 11.8. The maximum absolute atomic E-state index is 11.8. The zero-order chi connectivity index (χ0) is 11.6. The van der Waals surface area contributed by atoms with E-state index in [1.54, 1.807) is 4.68 Å². The Labute approximate surface area is 90.7 Å². The minimum absolute atomic E-state index is 0.0187. The molecule has 1 N–H and O–H groups in total. The molecule has 0 atom stereocenters. The lowest BCUT2D eigenvalue weighted by atomic mass is 9.95. The summed E-state index contributed by atoms with van der Waals surface area (Å²) in [5.74, 6) is 0.0187. The fourth-order valence-electron chi connectivity index (χ4n) is 1.21. The van der Waals surface area contributed by atoms with E-state index in [0.29, 0.717) is 0 Å². The summed E-state index contributed by atoms with van der Waals surface area (Å²) in [6, 6.07) is 0. The number of anilines is 1. The number of aromatic nitrogens is 2. The fraction of sp³-hybridized carbons (Fsp3) is 0.636. The smallest absolute Gasteiger partial charge is 0.229 e. The molecule has 0 aromatic carbocycles. The van der Waals surface area contributed by atoms with E-state index in [4.69, 9.17) is 0 Å². The lowest BCUT2D eigenvalue weighted by molar-refractivity contribution is -0.123. The van der Waals surface area contributed by atoms with Crippen molar-refractivity contribution in [1.29, 1.82) is 0 Å². The summed E-state index contributed by atoms with van der Waals surface area (Å²) in [6.45, 7) is 7.70. The molecule has 4 nitrogen and oxygen atoms in total. The third kappa shape index (κ3) is 2.81. The average molecular weight is 209 g/mol. The van der Waals surface area contributed by atoms with Crippen LogP contribution in [0, 0.1) is 5.41 Å². The summed E-state index contributed by atoms with van der Waals surface area (Å²) < 4.78 is 1.72. The number of nitrogens with zero attached hydrogens (tertiary/aromatic N) is 2. The van der Waals surface area contributed by atoms with E-state index >= 15 is 0 Å². The highest BCUT2D eigenvalue weighted by molar-refractivity contribution is 5.94. The molecule has 1 rings (SSSR count). The number of rotatable bonds is 2. The van der Waals surface area contributed by atoms with Crippen LogP contribution in [0.2, 0.25) is 0 Å². The molecule has 1 heterocycles. The first-order chi connectivity index (χ1) is 6.84. The molecule has 1 amide bonds. The van der Waals surface area contributed by atoms with Gasteiger partial charge in [0, 0.05) is 18.7 Å². The van der Waals surface area contributed by atoms with Gasteiger partial charge in [-0.05, 0) is 6.42 Å². The van der Waals surface area contributed by atoms with Crippen molar-refractivity contribution in [2.75, 3.05) is 5.32 Å². The molecular formula is C11H19N3O. The lowest BCUT2D eigenvalue weighted by Crippen LogP contribution is -2.27. The van der Waals surface area contributed by atoms with Crippen molar-refractivity contribution in [3.8, 4) is 0 Å². The Morgan fingerprint density at radius 1 is 1.53 bits per heavy atom. The molecule has 84 valence electrons. The van der Waals surface area contributed by atoms with Gasteiger partial charge >= 0.3 is 0 Å². The van der Waals surface area contributed by atoms with Crippen molar-refractivity contribution in [2.45, 2.75) is 34.1 Å². The van der Waals surface area contributed by atoms with Gasteiger partial charge in [0.15, 0.2) is 0 Å². The largest absolute Gasteiger partial charge is 0.323 e. The first-order valence-electron chi connectivity index (χ1n) is 5.18. The zero-order valence-electron chi connectivity index (χ0n) is 10.1. The number of nitrogens with one attached hydrogen (secondary N) is 1. The Kier molecular flexibility index (Phi) is 3.17. The van der Waals surface area contributed by atoms with Crippen LogP contribution in [-0.2, 0) is 18.3 Å². The Balaban J connectivity index is 2.85. The Hall–Kier alpha value is -1.32. The van der Waals surface area contributed by atoms with Gasteiger partial charge in [-0.3, -0.25) is 9.48 Å². The SMILES string of the molecule is CCc1nn(C)cc1NC(=O)C(C)(C)C. The van der Waals surface area contributed by atoms with Crippen LogP contribution in [0.25, 0.3) is 0 Å². The van der Waals surface area contributed by atoms with E-state index in [2.05, 4.69) is 10.4 Å². The topological polar surface area (TPSA) is 46.9 Å². The molecule has 0 radical (unpaired) electrons. The first kappa shape index (κ1) is 11.8. The van der Waals surface area contributed by atoms with Crippen LogP contribution in [0.1, 0.15) is 33.4 Å². The molecule has 15 heavy (non-hydrogen) atoms. The van der Waals surface area contributed by atoms with E-state index in [0.717, 1.165) is 17.8 Å². The third-order valence-electron chi connectivity index (χ3n) is 2.17. The Morgan fingerprint density at radius 2 is 2.13 bits per heavy atom. The van der Waals surface area contributed by atoms with Crippen molar-refractivity contribution < 1.29 is 4.79 Å². The predicted octanol–water partition coefficient (Wildman–Crippen LogP) is 1.97. The minimum Gasteiger partial charge on any atom is -0.323 e. The van der Waals surface area contributed by atoms with Gasteiger partial charge in [-0.15, -0.1) is 0 Å². The van der Waals surface area contributed by atoms with Gasteiger partial charge in [0.25, 0.3) is 0 Å². The van der Waals surface area contributed by atoms with Crippen molar-refractivity contribution >= 4 is 11.6 Å². The molecule has 0 aliphatic carbocycles. The summed E-state index contributed by atoms with van der Waals surface area (Å²) in [5.41, 5.74) is 1.37. The molecular weight excluding hydrogens is 190 g/mol. The summed E-state index contributed by atoms with van der Waals surface area (Å²) in [5, 5.41) is 7.17. The lowest BCUT2D eigenvalue weighted by Gasteiger charge is -2.17. The van der Waals surface area contributed by atoms with Crippen LogP contribution in [0.5, 0.6) is 0 Å². The second-order valence-corrected chi connectivity index (χ2v) is 4.72. The second kappa shape index (κ2) is 4.04. The first-order valence-corrected chi connectivity index (χ1v) is 5.18. The molecule has 4 heteroatoms. The number of carbonyl (C=O) groups excluding carboxylic acids is 1. The van der Waals surface area contributed by atoms with Gasteiger partial charge in [0.1, 0.15) is 0 Å². The Bertz CT molecular complexity index is 360. The monoisotopic (exact) mass is 209 g/mol. The van der Waals surface area contributed by atoms with Crippen molar-refractivity contribution in [2.24, 2.45) is 12.5 Å². The van der Waals surface area contributed by atoms with E-state index in [1.165, 1.54) is 0 Å². The summed E-state index contributed by atoms with van der Waals surface area (Å²) >= 11 is 0. The number of carbonyl (C=O) groups is 1. The van der Waals surface area contributed by atoms with Crippen molar-refractivity contribution in [3.63, 3.8) is 0 Å². The average Bonchev–Trinajstić information content (AvgIpc) is 2.44. The van der Waals surface area contributed by atoms with Gasteiger partial charge in [0.05, 0.1) is 11.4 Å². The predicted molar refractivity (Wildman–Crippen MR) is 60.7 cm³/mol. The number of hydrogen-bond donors (Lipinski definition) is 1. The van der Waals surface area contributed by atoms with Gasteiger partial charge < -0.3 is 5.32 Å². The molecule has 0 spiro atoms. The molecule has 0 unspecified atom stereocenters. The third-order valence-corrected chi connectivity index (χ3v) is 2.17. The maximum Gasteiger partial charge on any atom is 0.229 e. The quantitative estimate of drug-likeness (QED) is 0.809. The molecule has 0 bridgehead atoms. The molecule has 1 aromatic heterocycles. The van der Waals surface area contributed by atoms with Gasteiger partial charge in [-0.25, -0.2) is 0 Å². The van der Waals surface area contributed by atoms with Gasteiger partial charge in [-0.1, -0.05) is 27.7 Å². The Morgan fingerprint density at radius 3 is 2.60 bits per heavy atom. The summed E-state index contributed by atoms with van der Waals surface area (Å²) in [4.78, 5) is 11.8. The van der Waals surface area contributed by atoms with Crippen LogP contribution in [-0.4, -0.2) is 15.7 Å². The standard InChI is InChI=1S/C11H19N3O/c1-6-8-9(7-14(5)13-8)12-10(15)11(2,3)4/h7H,6H2,1-5H3,(H,12,15). The summed E-state index contributed by atoms with van der Waals surface area (Å²) in [6.07, 6.45) is 2.66. The van der Waals surface area contributed by atoms with Crippen LogP contribution < -0.4 is 5.32 Å². The number of amides is 1. The van der Waals surface area contributed by atoms with Crippen LogP contribution >= 0.6 is 0 Å². The highest BCUT2D eigenvalue weighted by Gasteiger charge is 2.22. The second-order valence-electron chi connectivity index (χ2n) is 4.72. The highest BCUT2D eigenvalue weighted by atomic mass is 16.2. The molecule has 0 saturated carbocycles. The molecule has 0 saturated heterocycles. The van der Waals surface area contributed by atoms with E-state index in [1.807, 2.05) is 40.9 Å². The normalized spacial score (nSPS) is 11.5. The number of hydrogen-bond acceptors (Lipinski definition) is 2. The molecule has 0 aliphatic heterocycles. The molecule has 0 aliphatic rings. The van der Waals surface area contributed by atoms with E-state index in [9.17, 15) is 4.79 Å². The van der Waals surface area contributed by atoms with E-state index in [-0.39, 0.29) is 11.3 Å². The van der Waals surface area contributed by atoms with Crippen molar-refractivity contribution in [3.05, 3.63) is 11.9 Å². The van der Waals surface area contributed by atoms with E-state index < -0.39 is 0 Å². The van der Waals surface area contributed by atoms with Gasteiger partial charge in [-0.2, -0.15) is 5.10 Å².